The molecule has 0 aliphatic heterocycles. The van der Waals surface area contributed by atoms with E-state index in [4.69, 9.17) is 4.74 Å². The average Bonchev–Trinajstić information content (AvgIpc) is 2.62. The molecular weight excluding hydrogens is 288 g/mol. The molecule has 120 valence electrons. The van der Waals surface area contributed by atoms with E-state index in [0.29, 0.717) is 5.75 Å². The Balaban J connectivity index is 2.07. The van der Waals surface area contributed by atoms with Crippen molar-refractivity contribution in [1.82, 2.24) is 0 Å². The summed E-state index contributed by atoms with van der Waals surface area (Å²) >= 11 is 0. The fraction of sp³-hybridized carbons (Fsp3) is 0.350. The maximum Gasteiger partial charge on any atom is 0.353 e. The number of benzene rings is 2. The molecule has 23 heavy (non-hydrogen) atoms. The van der Waals surface area contributed by atoms with Crippen molar-refractivity contribution in [3.8, 4) is 5.75 Å². The lowest BCUT2D eigenvalue weighted by molar-refractivity contribution is -0.164. The van der Waals surface area contributed by atoms with Crippen molar-refractivity contribution >= 4 is 5.97 Å². The van der Waals surface area contributed by atoms with Gasteiger partial charge in [0.1, 0.15) is 5.75 Å². The van der Waals surface area contributed by atoms with Crippen LogP contribution in [0.4, 0.5) is 0 Å². The highest BCUT2D eigenvalue weighted by molar-refractivity contribution is 5.80. The van der Waals surface area contributed by atoms with E-state index in [1.54, 1.807) is 0 Å². The van der Waals surface area contributed by atoms with Gasteiger partial charge in [-0.1, -0.05) is 67.8 Å². The molecule has 1 saturated carbocycles. The first-order valence-electron chi connectivity index (χ1n) is 8.26. The molecule has 0 radical (unpaired) electrons. The quantitative estimate of drug-likeness (QED) is 0.876. The van der Waals surface area contributed by atoms with Gasteiger partial charge in [0.15, 0.2) is 0 Å². The Kier molecular flexibility index (Phi) is 4.65. The summed E-state index contributed by atoms with van der Waals surface area (Å²) in [6, 6.07) is 18.7. The highest BCUT2D eigenvalue weighted by Crippen LogP contribution is 2.43. The lowest BCUT2D eigenvalue weighted by Gasteiger charge is -2.39. The van der Waals surface area contributed by atoms with Gasteiger partial charge in [-0.3, -0.25) is 0 Å². The predicted octanol–water partition coefficient (Wildman–Crippen LogP) is 4.63. The molecule has 0 heterocycles. The largest absolute Gasteiger partial charge is 0.478 e. The third-order valence-corrected chi connectivity index (χ3v) is 4.72. The van der Waals surface area contributed by atoms with Crippen LogP contribution < -0.4 is 4.74 Å². The Bertz CT molecular complexity index is 632. The molecule has 1 aliphatic rings. The van der Waals surface area contributed by atoms with Crippen molar-refractivity contribution in [1.29, 1.82) is 0 Å². The summed E-state index contributed by atoms with van der Waals surface area (Å²) in [4.78, 5) is 12.4. The van der Waals surface area contributed by atoms with E-state index >= 15 is 0 Å². The van der Waals surface area contributed by atoms with Gasteiger partial charge in [-0.15, -0.1) is 0 Å². The zero-order chi connectivity index (χ0) is 16.1. The van der Waals surface area contributed by atoms with Crippen LogP contribution in [-0.4, -0.2) is 11.1 Å². The molecule has 1 fully saturated rings. The number of hydrogen-bond donors (Lipinski definition) is 1. The lowest BCUT2D eigenvalue weighted by Crippen LogP contribution is -2.49. The second-order valence-electron chi connectivity index (χ2n) is 6.16. The normalized spacial score (nSPS) is 18.1. The van der Waals surface area contributed by atoms with E-state index < -0.39 is 11.6 Å². The van der Waals surface area contributed by atoms with Crippen molar-refractivity contribution in [2.24, 2.45) is 5.92 Å². The summed E-state index contributed by atoms with van der Waals surface area (Å²) in [6.07, 6.45) is 5.06. The van der Waals surface area contributed by atoms with Gasteiger partial charge in [0, 0.05) is 11.5 Å². The number of para-hydroxylation sites is 1. The number of carboxylic acid groups (broad SMARTS) is 1. The first kappa shape index (κ1) is 15.6. The number of ether oxygens (including phenoxy) is 1. The fourth-order valence-electron chi connectivity index (χ4n) is 3.59. The van der Waals surface area contributed by atoms with E-state index in [1.165, 1.54) is 6.42 Å². The molecule has 3 heteroatoms. The Morgan fingerprint density at radius 2 is 1.48 bits per heavy atom. The zero-order valence-corrected chi connectivity index (χ0v) is 13.2. The Morgan fingerprint density at radius 1 is 0.913 bits per heavy atom. The van der Waals surface area contributed by atoms with Crippen molar-refractivity contribution in [3.05, 3.63) is 66.2 Å². The van der Waals surface area contributed by atoms with E-state index in [9.17, 15) is 9.90 Å². The van der Waals surface area contributed by atoms with Crippen LogP contribution in [0.5, 0.6) is 5.75 Å². The van der Waals surface area contributed by atoms with E-state index in [2.05, 4.69) is 0 Å². The third kappa shape index (κ3) is 3.09. The minimum Gasteiger partial charge on any atom is -0.478 e. The molecule has 1 aliphatic carbocycles. The zero-order valence-electron chi connectivity index (χ0n) is 13.2. The molecule has 0 bridgehead atoms. The van der Waals surface area contributed by atoms with E-state index in [-0.39, 0.29) is 5.92 Å². The van der Waals surface area contributed by atoms with Crippen LogP contribution in [0.3, 0.4) is 0 Å². The SMILES string of the molecule is O=C(O)C(Oc1ccccc1)(c1ccccc1)C1CCCCC1. The Labute approximate surface area is 136 Å². The molecule has 0 amide bonds. The maximum atomic E-state index is 12.4. The number of rotatable bonds is 5. The summed E-state index contributed by atoms with van der Waals surface area (Å²) in [6.45, 7) is 0. The second kappa shape index (κ2) is 6.86. The van der Waals surface area contributed by atoms with Gasteiger partial charge in [-0.25, -0.2) is 4.79 Å². The lowest BCUT2D eigenvalue weighted by atomic mass is 9.73. The van der Waals surface area contributed by atoms with Crippen molar-refractivity contribution in [2.75, 3.05) is 0 Å². The van der Waals surface area contributed by atoms with Gasteiger partial charge in [0.05, 0.1) is 0 Å². The van der Waals surface area contributed by atoms with Crippen LogP contribution >= 0.6 is 0 Å². The summed E-state index contributed by atoms with van der Waals surface area (Å²) < 4.78 is 6.19. The molecule has 0 aromatic heterocycles. The first-order chi connectivity index (χ1) is 11.2. The topological polar surface area (TPSA) is 46.5 Å². The fourth-order valence-corrected chi connectivity index (χ4v) is 3.59. The molecule has 3 nitrogen and oxygen atoms in total. The standard InChI is InChI=1S/C20H22O3/c21-19(22)20(16-10-4-1-5-11-16,17-12-6-2-7-13-17)23-18-14-8-3-9-15-18/h1,3-5,8-11,14-15,17H,2,6-7,12-13H2,(H,21,22). The van der Waals surface area contributed by atoms with Crippen molar-refractivity contribution in [3.63, 3.8) is 0 Å². The maximum absolute atomic E-state index is 12.4. The van der Waals surface area contributed by atoms with Gasteiger partial charge in [-0.2, -0.15) is 0 Å². The van der Waals surface area contributed by atoms with E-state index in [1.807, 2.05) is 60.7 Å². The second-order valence-corrected chi connectivity index (χ2v) is 6.16. The van der Waals surface area contributed by atoms with Crippen LogP contribution in [0, 0.1) is 5.92 Å². The molecule has 2 aromatic rings. The molecule has 0 saturated heterocycles. The smallest absolute Gasteiger partial charge is 0.353 e. The molecular formula is C20H22O3. The number of carbonyl (C=O) groups is 1. The van der Waals surface area contributed by atoms with Gasteiger partial charge < -0.3 is 9.84 Å². The third-order valence-electron chi connectivity index (χ3n) is 4.72. The Hall–Kier alpha value is -2.29. The van der Waals surface area contributed by atoms with Crippen LogP contribution in [0.2, 0.25) is 0 Å². The van der Waals surface area contributed by atoms with Crippen LogP contribution in [0.25, 0.3) is 0 Å². The first-order valence-corrected chi connectivity index (χ1v) is 8.26. The Morgan fingerprint density at radius 3 is 2.04 bits per heavy atom. The monoisotopic (exact) mass is 310 g/mol. The predicted molar refractivity (Wildman–Crippen MR) is 89.4 cm³/mol. The molecule has 1 unspecified atom stereocenters. The van der Waals surface area contributed by atoms with Crippen LogP contribution in [0.15, 0.2) is 60.7 Å². The van der Waals surface area contributed by atoms with Gasteiger partial charge >= 0.3 is 5.97 Å². The summed E-state index contributed by atoms with van der Waals surface area (Å²) in [5.74, 6) is -0.319. The molecule has 0 spiro atoms. The molecule has 1 N–H and O–H groups in total. The van der Waals surface area contributed by atoms with Gasteiger partial charge in [0.25, 0.3) is 0 Å². The van der Waals surface area contributed by atoms with Crippen LogP contribution in [-0.2, 0) is 10.4 Å². The van der Waals surface area contributed by atoms with Crippen molar-refractivity contribution < 1.29 is 14.6 Å². The van der Waals surface area contributed by atoms with Gasteiger partial charge in [0.2, 0.25) is 5.60 Å². The van der Waals surface area contributed by atoms with Crippen molar-refractivity contribution in [2.45, 2.75) is 37.7 Å². The highest BCUT2D eigenvalue weighted by Gasteiger charge is 2.50. The molecule has 3 rings (SSSR count). The average molecular weight is 310 g/mol. The highest BCUT2D eigenvalue weighted by atomic mass is 16.5. The van der Waals surface area contributed by atoms with Crippen LogP contribution in [0.1, 0.15) is 37.7 Å². The molecule has 2 aromatic carbocycles. The summed E-state index contributed by atoms with van der Waals surface area (Å²) in [7, 11) is 0. The summed E-state index contributed by atoms with van der Waals surface area (Å²) in [5, 5.41) is 10.2. The molecule has 1 atom stereocenters. The minimum absolute atomic E-state index is 0.0173. The summed E-state index contributed by atoms with van der Waals surface area (Å²) in [5.41, 5.74) is -0.591. The number of aliphatic carboxylic acids is 1. The van der Waals surface area contributed by atoms with Gasteiger partial charge in [-0.05, 0) is 25.0 Å². The number of carboxylic acids is 1. The minimum atomic E-state index is -1.32. The number of hydrogen-bond acceptors (Lipinski definition) is 2. The van der Waals surface area contributed by atoms with E-state index in [0.717, 1.165) is 31.2 Å².